The van der Waals surface area contributed by atoms with Crippen molar-refractivity contribution in [1.82, 2.24) is 9.66 Å². The Kier molecular flexibility index (Phi) is 5.64. The molecule has 1 aromatic heterocycles. The minimum atomic E-state index is -1.25. The number of carbonyl (C=O) groups is 2. The minimum Gasteiger partial charge on any atom is -0.467 e. The Morgan fingerprint density at radius 2 is 1.97 bits per heavy atom. The van der Waals surface area contributed by atoms with Crippen LogP contribution in [-0.2, 0) is 25.5 Å². The number of methoxy groups -OCH3 is 1. The summed E-state index contributed by atoms with van der Waals surface area (Å²) in [5.74, 6) is -0.317. The number of fused-ring (bicyclic) bond motifs is 1. The number of hydrogen-bond donors (Lipinski definition) is 0. The second kappa shape index (κ2) is 7.85. The molecule has 0 unspecified atom stereocenters. The number of aryl methyl sites for hydroxylation is 1. The van der Waals surface area contributed by atoms with E-state index >= 15 is 0 Å². The molecule has 29 heavy (non-hydrogen) atoms. The van der Waals surface area contributed by atoms with Crippen LogP contribution >= 0.6 is 0 Å². The summed E-state index contributed by atoms with van der Waals surface area (Å²) in [4.78, 5) is 42.5. The van der Waals surface area contributed by atoms with Crippen molar-refractivity contribution in [3.63, 3.8) is 0 Å². The Bertz CT molecular complexity index is 999. The highest BCUT2D eigenvalue weighted by atomic mass is 16.6. The maximum atomic E-state index is 13.3. The molecule has 8 heteroatoms. The van der Waals surface area contributed by atoms with Gasteiger partial charge in [0.05, 0.1) is 24.6 Å². The standard InChI is InChI=1S/C21H27N3O5/c1-6-18-22-16-10-8-7-9-15(16)19(26)24(18)23-12-21(23,20(27)28-5)17(11-13(2)3)29-14(4)25/h7-10,13,17H,6,11-12H2,1-5H3/t17-,21+,23?/m1/s1. The third-order valence-corrected chi connectivity index (χ3v) is 5.19. The number of rotatable bonds is 7. The molecule has 2 atom stereocenters. The van der Waals surface area contributed by atoms with Gasteiger partial charge in [-0.1, -0.05) is 32.9 Å². The Morgan fingerprint density at radius 1 is 1.28 bits per heavy atom. The first-order valence-corrected chi connectivity index (χ1v) is 9.80. The Hall–Kier alpha value is -2.90. The maximum Gasteiger partial charge on any atom is 0.339 e. The molecule has 156 valence electrons. The predicted octanol–water partition coefficient (Wildman–Crippen LogP) is 1.80. The summed E-state index contributed by atoms with van der Waals surface area (Å²) < 4.78 is 12.1. The predicted molar refractivity (Wildman–Crippen MR) is 108 cm³/mol. The molecular formula is C21H27N3O5. The first-order chi connectivity index (χ1) is 13.8. The van der Waals surface area contributed by atoms with Crippen LogP contribution < -0.4 is 10.6 Å². The van der Waals surface area contributed by atoms with E-state index < -0.39 is 23.6 Å². The summed E-state index contributed by atoms with van der Waals surface area (Å²) in [6.45, 7) is 7.38. The van der Waals surface area contributed by atoms with Gasteiger partial charge in [-0.2, -0.15) is 0 Å². The van der Waals surface area contributed by atoms with Gasteiger partial charge in [0.15, 0.2) is 0 Å². The van der Waals surface area contributed by atoms with Gasteiger partial charge in [-0.15, -0.1) is 0 Å². The zero-order valence-electron chi connectivity index (χ0n) is 17.5. The van der Waals surface area contributed by atoms with Crippen LogP contribution in [-0.4, -0.2) is 46.9 Å². The summed E-state index contributed by atoms with van der Waals surface area (Å²) in [6, 6.07) is 7.10. The number of benzene rings is 1. The Balaban J connectivity index is 2.16. The molecular weight excluding hydrogens is 374 g/mol. The Morgan fingerprint density at radius 3 is 2.55 bits per heavy atom. The van der Waals surface area contributed by atoms with Crippen LogP contribution in [0.25, 0.3) is 10.9 Å². The zero-order valence-corrected chi connectivity index (χ0v) is 17.5. The highest BCUT2D eigenvalue weighted by Gasteiger charge is 2.67. The smallest absolute Gasteiger partial charge is 0.339 e. The number of hydrogen-bond acceptors (Lipinski definition) is 7. The van der Waals surface area contributed by atoms with E-state index in [1.54, 1.807) is 23.2 Å². The van der Waals surface area contributed by atoms with Gasteiger partial charge in [0.2, 0.25) is 5.54 Å². The van der Waals surface area contributed by atoms with E-state index in [-0.39, 0.29) is 18.0 Å². The van der Waals surface area contributed by atoms with Crippen molar-refractivity contribution in [3.05, 3.63) is 40.4 Å². The summed E-state index contributed by atoms with van der Waals surface area (Å²) in [5.41, 5.74) is -0.901. The van der Waals surface area contributed by atoms with Crippen molar-refractivity contribution in [2.45, 2.75) is 52.2 Å². The monoisotopic (exact) mass is 401 g/mol. The van der Waals surface area contributed by atoms with Crippen LogP contribution in [0.3, 0.4) is 0 Å². The molecule has 2 heterocycles. The van der Waals surface area contributed by atoms with Crippen molar-refractivity contribution in [2.24, 2.45) is 5.92 Å². The van der Waals surface area contributed by atoms with Gasteiger partial charge in [-0.3, -0.25) is 14.6 Å². The first kappa shape index (κ1) is 20.8. The normalized spacial score (nSPS) is 19.3. The van der Waals surface area contributed by atoms with E-state index in [9.17, 15) is 14.4 Å². The molecule has 0 spiro atoms. The molecule has 1 aliphatic rings. The van der Waals surface area contributed by atoms with E-state index in [0.29, 0.717) is 29.6 Å². The molecule has 0 bridgehead atoms. The number of carbonyl (C=O) groups excluding carboxylic acids is 2. The van der Waals surface area contributed by atoms with Gasteiger partial charge in [0.1, 0.15) is 11.9 Å². The van der Waals surface area contributed by atoms with E-state index in [1.807, 2.05) is 26.8 Å². The fraction of sp³-hybridized carbons (Fsp3) is 0.524. The number of nitrogens with zero attached hydrogens (tertiary/aromatic N) is 3. The number of esters is 2. The quantitative estimate of drug-likeness (QED) is 0.516. The minimum absolute atomic E-state index is 0.167. The molecule has 2 aromatic rings. The second-order valence-corrected chi connectivity index (χ2v) is 7.72. The van der Waals surface area contributed by atoms with Crippen LogP contribution in [0.2, 0.25) is 0 Å². The summed E-state index contributed by atoms with van der Waals surface area (Å²) in [5, 5.41) is 2.08. The third-order valence-electron chi connectivity index (χ3n) is 5.19. The summed E-state index contributed by atoms with van der Waals surface area (Å²) >= 11 is 0. The highest BCUT2D eigenvalue weighted by molar-refractivity contribution is 5.90. The van der Waals surface area contributed by atoms with E-state index in [2.05, 4.69) is 4.98 Å². The van der Waals surface area contributed by atoms with Crippen LogP contribution in [0.15, 0.2) is 29.1 Å². The number of aromatic nitrogens is 2. The first-order valence-electron chi connectivity index (χ1n) is 9.80. The van der Waals surface area contributed by atoms with Gasteiger partial charge in [-0.05, 0) is 24.5 Å². The van der Waals surface area contributed by atoms with Gasteiger partial charge >= 0.3 is 11.9 Å². The van der Waals surface area contributed by atoms with Crippen LogP contribution in [0.5, 0.6) is 0 Å². The van der Waals surface area contributed by atoms with E-state index in [0.717, 1.165) is 0 Å². The molecule has 1 fully saturated rings. The van der Waals surface area contributed by atoms with Crippen molar-refractivity contribution < 1.29 is 19.1 Å². The van der Waals surface area contributed by atoms with Crippen molar-refractivity contribution in [2.75, 3.05) is 18.7 Å². The fourth-order valence-electron chi connectivity index (χ4n) is 3.80. The fourth-order valence-corrected chi connectivity index (χ4v) is 3.80. The van der Waals surface area contributed by atoms with Gasteiger partial charge < -0.3 is 9.47 Å². The topological polar surface area (TPSA) is 90.5 Å². The highest BCUT2D eigenvalue weighted by Crippen LogP contribution is 2.39. The SMILES string of the molecule is CCc1nc2ccccc2c(=O)n1N1C[C@@]1(C(=O)OC)[C@@H](CC(C)C)OC(C)=O. The summed E-state index contributed by atoms with van der Waals surface area (Å²) in [7, 11) is 1.29. The van der Waals surface area contributed by atoms with Crippen LogP contribution in [0.1, 0.15) is 39.9 Å². The number of ether oxygens (including phenoxy) is 2. The zero-order chi connectivity index (χ0) is 21.3. The number of para-hydroxylation sites is 1. The maximum absolute atomic E-state index is 13.3. The third kappa shape index (κ3) is 3.59. The molecule has 8 nitrogen and oxygen atoms in total. The second-order valence-electron chi connectivity index (χ2n) is 7.72. The van der Waals surface area contributed by atoms with E-state index in [1.165, 1.54) is 18.7 Å². The molecule has 1 aliphatic heterocycles. The average molecular weight is 401 g/mol. The van der Waals surface area contributed by atoms with Gasteiger partial charge in [-0.25, -0.2) is 14.5 Å². The largest absolute Gasteiger partial charge is 0.467 e. The van der Waals surface area contributed by atoms with Crippen LogP contribution in [0.4, 0.5) is 0 Å². The Labute approximate surface area is 169 Å². The van der Waals surface area contributed by atoms with Crippen molar-refractivity contribution >= 4 is 22.8 Å². The van der Waals surface area contributed by atoms with Crippen molar-refractivity contribution in [3.8, 4) is 0 Å². The molecule has 0 aliphatic carbocycles. The molecule has 3 rings (SSSR count). The molecule has 0 saturated carbocycles. The summed E-state index contributed by atoms with van der Waals surface area (Å²) in [6.07, 6.45) is 0.217. The van der Waals surface area contributed by atoms with E-state index in [4.69, 9.17) is 9.47 Å². The van der Waals surface area contributed by atoms with Crippen LogP contribution in [0, 0.1) is 5.92 Å². The molecule has 0 radical (unpaired) electrons. The van der Waals surface area contributed by atoms with Gasteiger partial charge in [0.25, 0.3) is 5.56 Å². The van der Waals surface area contributed by atoms with Gasteiger partial charge in [0, 0.05) is 13.3 Å². The molecule has 0 N–H and O–H groups in total. The average Bonchev–Trinajstić information content (AvgIpc) is 3.42. The lowest BCUT2D eigenvalue weighted by Crippen LogP contribution is -2.50. The lowest BCUT2D eigenvalue weighted by molar-refractivity contribution is -0.156. The molecule has 1 aromatic carbocycles. The lowest BCUT2D eigenvalue weighted by atomic mass is 9.94. The van der Waals surface area contributed by atoms with Crippen molar-refractivity contribution in [1.29, 1.82) is 0 Å². The molecule has 1 saturated heterocycles. The lowest BCUT2D eigenvalue weighted by Gasteiger charge is -2.28. The molecule has 0 amide bonds.